The Morgan fingerprint density at radius 2 is 2.27 bits per heavy atom. The number of hydrogen-bond acceptors (Lipinski definition) is 4. The summed E-state index contributed by atoms with van der Waals surface area (Å²) in [5.41, 5.74) is -0.979. The van der Waals surface area contributed by atoms with Gasteiger partial charge in [0.2, 0.25) is 0 Å². The first-order chi connectivity index (χ1) is 7.20. The number of ether oxygens (including phenoxy) is 1. The third-order valence-corrected chi connectivity index (χ3v) is 2.11. The van der Waals surface area contributed by atoms with Gasteiger partial charge in [0, 0.05) is 12.3 Å². The number of aromatic amines is 1. The summed E-state index contributed by atoms with van der Waals surface area (Å²) in [5.74, 6) is 0. The van der Waals surface area contributed by atoms with Crippen LogP contribution >= 0.6 is 0 Å². The lowest BCUT2D eigenvalue weighted by atomic mass is 10.4. The number of hydrogen-bond donors (Lipinski definition) is 2. The zero-order chi connectivity index (χ0) is 10.8. The lowest BCUT2D eigenvalue weighted by Crippen LogP contribution is -2.31. The van der Waals surface area contributed by atoms with E-state index in [1.165, 1.54) is 16.8 Å². The largest absolute Gasteiger partial charge is 0.393 e. The number of aromatic nitrogens is 2. The Hall–Kier alpha value is -1.66. The van der Waals surface area contributed by atoms with Crippen molar-refractivity contribution in [2.45, 2.75) is 12.3 Å². The van der Waals surface area contributed by atoms with Gasteiger partial charge in [-0.3, -0.25) is 14.3 Å². The maximum Gasteiger partial charge on any atom is 0.330 e. The molecule has 2 N–H and O–H groups in total. The summed E-state index contributed by atoms with van der Waals surface area (Å²) >= 11 is 0. The van der Waals surface area contributed by atoms with Gasteiger partial charge in [-0.2, -0.15) is 0 Å². The van der Waals surface area contributed by atoms with Gasteiger partial charge in [-0.1, -0.05) is 6.08 Å². The van der Waals surface area contributed by atoms with E-state index < -0.39 is 23.6 Å². The number of aliphatic hydroxyl groups is 1. The highest BCUT2D eigenvalue weighted by molar-refractivity contribution is 5.01. The first-order valence-corrected chi connectivity index (χ1v) is 4.47. The molecule has 0 aromatic carbocycles. The van der Waals surface area contributed by atoms with Crippen LogP contribution < -0.4 is 11.2 Å². The minimum Gasteiger partial charge on any atom is -0.393 e. The first kappa shape index (κ1) is 9.88. The van der Waals surface area contributed by atoms with Crippen molar-refractivity contribution in [2.75, 3.05) is 6.61 Å². The predicted octanol–water partition coefficient (Wildman–Crippen LogP) is -1.02. The van der Waals surface area contributed by atoms with Crippen molar-refractivity contribution < 1.29 is 9.84 Å². The Morgan fingerprint density at radius 3 is 2.87 bits per heavy atom. The zero-order valence-electron chi connectivity index (χ0n) is 7.79. The van der Waals surface area contributed by atoms with E-state index in [-0.39, 0.29) is 6.61 Å². The Labute approximate surface area is 84.4 Å². The lowest BCUT2D eigenvalue weighted by molar-refractivity contribution is -0.0103. The average molecular weight is 210 g/mol. The van der Waals surface area contributed by atoms with E-state index >= 15 is 0 Å². The van der Waals surface area contributed by atoms with Crippen LogP contribution in [-0.4, -0.2) is 27.4 Å². The van der Waals surface area contributed by atoms with Crippen molar-refractivity contribution in [3.05, 3.63) is 45.3 Å². The monoisotopic (exact) mass is 210 g/mol. The molecule has 0 radical (unpaired) electrons. The molecule has 1 aliphatic heterocycles. The van der Waals surface area contributed by atoms with Gasteiger partial charge >= 0.3 is 5.69 Å². The third-order valence-electron chi connectivity index (χ3n) is 2.11. The van der Waals surface area contributed by atoms with Crippen LogP contribution in [0.5, 0.6) is 0 Å². The molecule has 0 spiro atoms. The first-order valence-electron chi connectivity index (χ1n) is 4.47. The normalized spacial score (nSPS) is 24.6. The molecular formula is C9H10N2O4. The fraction of sp³-hybridized carbons (Fsp3) is 0.333. The fourth-order valence-corrected chi connectivity index (χ4v) is 1.38. The predicted molar refractivity (Wildman–Crippen MR) is 51.5 cm³/mol. The number of aliphatic hydroxyl groups excluding tert-OH is 1. The number of nitrogens with one attached hydrogen (secondary N) is 1. The molecule has 0 saturated carbocycles. The van der Waals surface area contributed by atoms with Crippen LogP contribution in [0.25, 0.3) is 0 Å². The van der Waals surface area contributed by atoms with Crippen molar-refractivity contribution in [1.29, 1.82) is 0 Å². The molecule has 0 saturated heterocycles. The van der Waals surface area contributed by atoms with Gasteiger partial charge in [0.25, 0.3) is 5.56 Å². The van der Waals surface area contributed by atoms with Crippen LogP contribution in [0.4, 0.5) is 0 Å². The molecule has 0 amide bonds. The number of nitrogens with zero attached hydrogens (tertiary/aromatic N) is 1. The molecule has 0 unspecified atom stereocenters. The molecule has 1 aromatic rings. The molecule has 15 heavy (non-hydrogen) atoms. The highest BCUT2D eigenvalue weighted by Gasteiger charge is 2.20. The molecule has 2 heterocycles. The molecule has 1 aromatic heterocycles. The third kappa shape index (κ3) is 1.90. The smallest absolute Gasteiger partial charge is 0.330 e. The van der Waals surface area contributed by atoms with Crippen LogP contribution in [0.1, 0.15) is 6.23 Å². The molecule has 80 valence electrons. The van der Waals surface area contributed by atoms with E-state index in [4.69, 9.17) is 9.84 Å². The highest BCUT2D eigenvalue weighted by atomic mass is 16.5. The summed E-state index contributed by atoms with van der Waals surface area (Å²) in [5, 5.41) is 8.82. The van der Waals surface area contributed by atoms with Gasteiger partial charge in [0.1, 0.15) is 6.10 Å². The minimum atomic E-state index is -0.563. The maximum absolute atomic E-state index is 11.4. The minimum absolute atomic E-state index is 0.134. The van der Waals surface area contributed by atoms with Gasteiger partial charge in [0.15, 0.2) is 6.23 Å². The lowest BCUT2D eigenvalue weighted by Gasteiger charge is -2.13. The Morgan fingerprint density at radius 1 is 1.47 bits per heavy atom. The molecule has 0 bridgehead atoms. The quantitative estimate of drug-likeness (QED) is 0.612. The van der Waals surface area contributed by atoms with Crippen molar-refractivity contribution in [2.24, 2.45) is 0 Å². The summed E-state index contributed by atoms with van der Waals surface area (Å²) in [6.07, 6.45) is 3.72. The Kier molecular flexibility index (Phi) is 2.53. The average Bonchev–Trinajstić information content (AvgIpc) is 2.66. The Balaban J connectivity index is 2.29. The van der Waals surface area contributed by atoms with Crippen molar-refractivity contribution in [3.8, 4) is 0 Å². The van der Waals surface area contributed by atoms with E-state index in [1.54, 1.807) is 12.2 Å². The fourth-order valence-electron chi connectivity index (χ4n) is 1.38. The SMILES string of the molecule is O=c1ccn([C@H]2C=C[C@H](CO)O2)c(=O)[nH]1. The van der Waals surface area contributed by atoms with Gasteiger partial charge in [-0.05, 0) is 6.08 Å². The second kappa shape index (κ2) is 3.84. The van der Waals surface area contributed by atoms with Crippen molar-refractivity contribution in [1.82, 2.24) is 9.55 Å². The van der Waals surface area contributed by atoms with Gasteiger partial charge < -0.3 is 9.84 Å². The molecule has 2 rings (SSSR count). The molecular weight excluding hydrogens is 200 g/mol. The summed E-state index contributed by atoms with van der Waals surface area (Å²) in [6, 6.07) is 1.24. The van der Waals surface area contributed by atoms with E-state index in [0.717, 1.165) is 0 Å². The van der Waals surface area contributed by atoms with E-state index in [2.05, 4.69) is 4.98 Å². The van der Waals surface area contributed by atoms with E-state index in [1.807, 2.05) is 0 Å². The van der Waals surface area contributed by atoms with Crippen LogP contribution in [0, 0.1) is 0 Å². The molecule has 6 nitrogen and oxygen atoms in total. The van der Waals surface area contributed by atoms with Crippen LogP contribution in [0.3, 0.4) is 0 Å². The Bertz CT molecular complexity index is 487. The molecule has 0 fully saturated rings. The second-order valence-electron chi connectivity index (χ2n) is 3.15. The van der Waals surface area contributed by atoms with Gasteiger partial charge in [0.05, 0.1) is 6.61 Å². The molecule has 1 aliphatic rings. The van der Waals surface area contributed by atoms with Crippen molar-refractivity contribution in [3.63, 3.8) is 0 Å². The number of rotatable bonds is 2. The van der Waals surface area contributed by atoms with Gasteiger partial charge in [-0.25, -0.2) is 4.79 Å². The number of H-pyrrole nitrogens is 1. The summed E-state index contributed by atoms with van der Waals surface area (Å²) in [6.45, 7) is -0.134. The molecule has 2 atom stereocenters. The summed E-state index contributed by atoms with van der Waals surface area (Å²) < 4.78 is 6.54. The van der Waals surface area contributed by atoms with Crippen molar-refractivity contribution >= 4 is 0 Å². The molecule has 6 heteroatoms. The van der Waals surface area contributed by atoms with E-state index in [0.29, 0.717) is 0 Å². The van der Waals surface area contributed by atoms with Crippen LogP contribution in [-0.2, 0) is 4.74 Å². The van der Waals surface area contributed by atoms with Gasteiger partial charge in [-0.15, -0.1) is 0 Å². The second-order valence-corrected chi connectivity index (χ2v) is 3.15. The van der Waals surface area contributed by atoms with E-state index in [9.17, 15) is 9.59 Å². The highest BCUT2D eigenvalue weighted by Crippen LogP contribution is 2.18. The molecule has 0 aliphatic carbocycles. The summed E-state index contributed by atoms with van der Waals surface area (Å²) in [4.78, 5) is 24.3. The topological polar surface area (TPSA) is 84.3 Å². The maximum atomic E-state index is 11.4. The van der Waals surface area contributed by atoms with Crippen LogP contribution in [0.2, 0.25) is 0 Å². The van der Waals surface area contributed by atoms with Crippen LogP contribution in [0.15, 0.2) is 34.0 Å². The summed E-state index contributed by atoms with van der Waals surface area (Å²) in [7, 11) is 0. The zero-order valence-corrected chi connectivity index (χ0v) is 7.79. The standard InChI is InChI=1S/C9H10N2O4/c12-5-6-1-2-8(15-6)11-4-3-7(13)10-9(11)14/h1-4,6,8,12H,5H2,(H,10,13,14)/t6-,8-/m1/s1.